The van der Waals surface area contributed by atoms with Crippen molar-refractivity contribution in [2.75, 3.05) is 26.7 Å². The smallest absolute Gasteiger partial charge is 0.195 e. The number of ketones is 1. The number of methoxy groups -OCH3 is 1. The van der Waals surface area contributed by atoms with Gasteiger partial charge < -0.3 is 14.1 Å². The molecule has 0 unspecified atom stereocenters. The fourth-order valence-corrected chi connectivity index (χ4v) is 4.20. The Hall–Kier alpha value is -2.92. The molecular weight excluding hydrogens is 378 g/mol. The van der Waals surface area contributed by atoms with Crippen LogP contribution in [0.2, 0.25) is 0 Å². The van der Waals surface area contributed by atoms with Crippen LogP contribution in [0.25, 0.3) is 11.0 Å². The van der Waals surface area contributed by atoms with Crippen molar-refractivity contribution in [1.29, 1.82) is 0 Å². The number of fused-ring (bicyclic) bond motifs is 1. The van der Waals surface area contributed by atoms with E-state index in [1.165, 1.54) is 0 Å². The number of likely N-dealkylation sites (tertiary alicyclic amines) is 1. The van der Waals surface area contributed by atoms with Crippen LogP contribution in [0, 0.1) is 5.92 Å². The van der Waals surface area contributed by atoms with Crippen LogP contribution in [0.4, 0.5) is 0 Å². The lowest BCUT2D eigenvalue weighted by Gasteiger charge is -2.31. The number of carbonyl (C=O) groups excluding carboxylic acids is 1. The van der Waals surface area contributed by atoms with Crippen molar-refractivity contribution in [1.82, 2.24) is 4.90 Å². The summed E-state index contributed by atoms with van der Waals surface area (Å²) in [6.07, 6.45) is 4.94. The highest BCUT2D eigenvalue weighted by Crippen LogP contribution is 2.22. The molecule has 156 valence electrons. The van der Waals surface area contributed by atoms with Crippen molar-refractivity contribution >= 4 is 16.8 Å². The van der Waals surface area contributed by atoms with Gasteiger partial charge in [-0.3, -0.25) is 9.59 Å². The Labute approximate surface area is 176 Å². The summed E-state index contributed by atoms with van der Waals surface area (Å²) in [5.41, 5.74) is 2.11. The summed E-state index contributed by atoms with van der Waals surface area (Å²) in [5, 5.41) is 0.562. The number of ether oxygens (including phenoxy) is 1. The van der Waals surface area contributed by atoms with Gasteiger partial charge in [0.15, 0.2) is 11.2 Å². The molecule has 0 N–H and O–H groups in total. The zero-order valence-corrected chi connectivity index (χ0v) is 17.3. The molecule has 1 aliphatic rings. The Morgan fingerprint density at radius 2 is 1.90 bits per heavy atom. The van der Waals surface area contributed by atoms with Gasteiger partial charge in [-0.25, -0.2) is 0 Å². The van der Waals surface area contributed by atoms with E-state index in [-0.39, 0.29) is 17.1 Å². The summed E-state index contributed by atoms with van der Waals surface area (Å²) in [4.78, 5) is 27.8. The maximum absolute atomic E-state index is 12.8. The highest BCUT2D eigenvalue weighted by molar-refractivity contribution is 5.97. The molecule has 1 aliphatic heterocycles. The number of hydrogen-bond acceptors (Lipinski definition) is 5. The first-order chi connectivity index (χ1) is 14.7. The average molecular weight is 405 g/mol. The Kier molecular flexibility index (Phi) is 6.29. The number of carbonyl (C=O) groups is 1. The van der Waals surface area contributed by atoms with Crippen LogP contribution in [-0.4, -0.2) is 37.4 Å². The third-order valence-corrected chi connectivity index (χ3v) is 5.99. The normalized spacial score (nSPS) is 15.4. The second-order valence-electron chi connectivity index (χ2n) is 7.90. The van der Waals surface area contributed by atoms with Gasteiger partial charge in [0.05, 0.1) is 18.8 Å². The van der Waals surface area contributed by atoms with Gasteiger partial charge in [-0.2, -0.15) is 0 Å². The molecule has 0 bridgehead atoms. The number of piperidine rings is 1. The summed E-state index contributed by atoms with van der Waals surface area (Å²) in [6.45, 7) is 2.77. The largest absolute Gasteiger partial charge is 0.497 e. The molecule has 0 amide bonds. The predicted octanol–water partition coefficient (Wildman–Crippen LogP) is 4.33. The summed E-state index contributed by atoms with van der Waals surface area (Å²) in [7, 11) is 1.59. The Morgan fingerprint density at radius 3 is 2.63 bits per heavy atom. The van der Waals surface area contributed by atoms with Crippen molar-refractivity contribution in [2.24, 2.45) is 5.92 Å². The number of hydrogen-bond donors (Lipinski definition) is 0. The van der Waals surface area contributed by atoms with Crippen LogP contribution >= 0.6 is 0 Å². The van der Waals surface area contributed by atoms with Gasteiger partial charge in [0, 0.05) is 17.0 Å². The van der Waals surface area contributed by atoms with Gasteiger partial charge in [-0.05, 0) is 63.5 Å². The maximum Gasteiger partial charge on any atom is 0.195 e. The highest BCUT2D eigenvalue weighted by atomic mass is 16.5. The standard InChI is InChI=1S/C25H27NO4/c1-29-21-9-10-23-22(16-21)25(28)20(17-30-23)8-5-13-26-14-11-19(12-15-26)24(27)18-6-3-2-4-7-18/h2-4,6-7,9-10,16-17,19H,5,8,11-15H2,1H3. The lowest BCUT2D eigenvalue weighted by atomic mass is 9.89. The quantitative estimate of drug-likeness (QED) is 0.548. The molecule has 5 nitrogen and oxygen atoms in total. The second-order valence-corrected chi connectivity index (χ2v) is 7.90. The van der Waals surface area contributed by atoms with Crippen LogP contribution < -0.4 is 10.2 Å². The molecule has 4 rings (SSSR count). The number of nitrogens with zero attached hydrogens (tertiary/aromatic N) is 1. The maximum atomic E-state index is 12.8. The van der Waals surface area contributed by atoms with Crippen molar-refractivity contribution in [3.05, 3.63) is 76.1 Å². The van der Waals surface area contributed by atoms with Crippen molar-refractivity contribution in [3.8, 4) is 5.75 Å². The lowest BCUT2D eigenvalue weighted by molar-refractivity contribution is 0.0839. The fraction of sp³-hybridized carbons (Fsp3) is 0.360. The van der Waals surface area contributed by atoms with E-state index in [0.29, 0.717) is 28.7 Å². The van der Waals surface area contributed by atoms with Crippen molar-refractivity contribution in [2.45, 2.75) is 25.7 Å². The molecule has 30 heavy (non-hydrogen) atoms. The Morgan fingerprint density at radius 1 is 1.13 bits per heavy atom. The first-order valence-electron chi connectivity index (χ1n) is 10.6. The molecule has 0 atom stereocenters. The molecule has 0 saturated carbocycles. The highest BCUT2D eigenvalue weighted by Gasteiger charge is 2.25. The summed E-state index contributed by atoms with van der Waals surface area (Å²) in [5.74, 6) is 1.03. The van der Waals surface area contributed by atoms with Crippen LogP contribution in [-0.2, 0) is 6.42 Å². The average Bonchev–Trinajstić information content (AvgIpc) is 2.81. The molecule has 0 radical (unpaired) electrons. The van der Waals surface area contributed by atoms with Gasteiger partial charge in [-0.15, -0.1) is 0 Å². The molecule has 5 heteroatoms. The number of Topliss-reactive ketones (excluding diaryl/α,β-unsaturated/α-hetero) is 1. The molecule has 0 spiro atoms. The van der Waals surface area contributed by atoms with E-state index in [1.54, 1.807) is 31.6 Å². The second kappa shape index (κ2) is 9.26. The van der Waals surface area contributed by atoms with E-state index in [0.717, 1.165) is 44.5 Å². The first-order valence-corrected chi connectivity index (χ1v) is 10.6. The summed E-state index contributed by atoms with van der Waals surface area (Å²) < 4.78 is 10.9. The number of aryl methyl sites for hydroxylation is 1. The fourth-order valence-electron chi connectivity index (χ4n) is 4.20. The van der Waals surface area contributed by atoms with E-state index in [9.17, 15) is 9.59 Å². The first kappa shape index (κ1) is 20.4. The molecule has 0 aliphatic carbocycles. The van der Waals surface area contributed by atoms with Crippen LogP contribution in [0.3, 0.4) is 0 Å². The lowest BCUT2D eigenvalue weighted by Crippen LogP contribution is -2.37. The van der Waals surface area contributed by atoms with E-state index < -0.39 is 0 Å². The number of rotatable bonds is 7. The van der Waals surface area contributed by atoms with Crippen LogP contribution in [0.1, 0.15) is 35.2 Å². The SMILES string of the molecule is COc1ccc2occ(CCCN3CCC(C(=O)c4ccccc4)CC3)c(=O)c2c1. The molecule has 2 heterocycles. The topological polar surface area (TPSA) is 59.8 Å². The molecule has 1 saturated heterocycles. The summed E-state index contributed by atoms with van der Waals surface area (Å²) >= 11 is 0. The number of benzene rings is 2. The molecule has 1 aromatic heterocycles. The molecule has 1 fully saturated rings. The Bertz CT molecular complexity index is 1070. The van der Waals surface area contributed by atoms with Gasteiger partial charge in [0.2, 0.25) is 0 Å². The minimum Gasteiger partial charge on any atom is -0.497 e. The minimum absolute atomic E-state index is 0.0160. The zero-order valence-electron chi connectivity index (χ0n) is 17.3. The Balaban J connectivity index is 1.30. The third-order valence-electron chi connectivity index (χ3n) is 5.99. The van der Waals surface area contributed by atoms with Gasteiger partial charge >= 0.3 is 0 Å². The van der Waals surface area contributed by atoms with E-state index >= 15 is 0 Å². The molecular formula is C25H27NO4. The van der Waals surface area contributed by atoms with E-state index in [1.807, 2.05) is 30.3 Å². The molecule has 2 aromatic carbocycles. The predicted molar refractivity (Wildman–Crippen MR) is 117 cm³/mol. The van der Waals surface area contributed by atoms with Gasteiger partial charge in [0.25, 0.3) is 0 Å². The van der Waals surface area contributed by atoms with Crippen LogP contribution in [0.15, 0.2) is 64.0 Å². The van der Waals surface area contributed by atoms with Crippen LogP contribution in [0.5, 0.6) is 5.75 Å². The monoisotopic (exact) mass is 405 g/mol. The minimum atomic E-state index is 0.0160. The van der Waals surface area contributed by atoms with Gasteiger partial charge in [-0.1, -0.05) is 30.3 Å². The van der Waals surface area contributed by atoms with Gasteiger partial charge in [0.1, 0.15) is 11.3 Å². The van der Waals surface area contributed by atoms with E-state index in [2.05, 4.69) is 4.90 Å². The summed E-state index contributed by atoms with van der Waals surface area (Å²) in [6, 6.07) is 14.9. The third kappa shape index (κ3) is 4.46. The van der Waals surface area contributed by atoms with Crippen molar-refractivity contribution in [3.63, 3.8) is 0 Å². The van der Waals surface area contributed by atoms with Crippen molar-refractivity contribution < 1.29 is 13.9 Å². The zero-order chi connectivity index (χ0) is 20.9. The van der Waals surface area contributed by atoms with E-state index in [4.69, 9.17) is 9.15 Å². The molecule has 3 aromatic rings.